The second kappa shape index (κ2) is 4.23. The van der Waals surface area contributed by atoms with E-state index in [9.17, 15) is 4.39 Å². The van der Waals surface area contributed by atoms with Gasteiger partial charge in [0.25, 0.3) is 0 Å². The number of aromatic nitrogens is 1. The van der Waals surface area contributed by atoms with Gasteiger partial charge in [0.1, 0.15) is 11.6 Å². The largest absolute Gasteiger partial charge is 0.467 e. The summed E-state index contributed by atoms with van der Waals surface area (Å²) in [7, 11) is 1.79. The van der Waals surface area contributed by atoms with E-state index in [0.717, 1.165) is 11.3 Å². The number of halogens is 1. The first-order chi connectivity index (χ1) is 7.31. The number of pyridine rings is 1. The second-order valence-electron chi connectivity index (χ2n) is 3.17. The Morgan fingerprint density at radius 2 is 2.33 bits per heavy atom. The molecule has 15 heavy (non-hydrogen) atoms. The third kappa shape index (κ3) is 2.05. The molecule has 0 radical (unpaired) electrons. The Balaban J connectivity index is 2.35. The van der Waals surface area contributed by atoms with Crippen molar-refractivity contribution in [3.05, 3.63) is 54.0 Å². The third-order valence-corrected chi connectivity index (χ3v) is 2.18. The lowest BCUT2D eigenvalue weighted by molar-refractivity contribution is 0.461. The Bertz CT molecular complexity index is 428. The van der Waals surface area contributed by atoms with Gasteiger partial charge in [-0.05, 0) is 30.8 Å². The molecule has 0 spiro atoms. The Hall–Kier alpha value is -1.68. The topological polar surface area (TPSA) is 38.1 Å². The highest BCUT2D eigenvalue weighted by atomic mass is 19.1. The predicted octanol–water partition coefficient (Wildman–Crippen LogP) is 2.12. The van der Waals surface area contributed by atoms with E-state index in [-0.39, 0.29) is 11.9 Å². The van der Waals surface area contributed by atoms with Crippen LogP contribution >= 0.6 is 0 Å². The molecule has 0 bridgehead atoms. The van der Waals surface area contributed by atoms with Crippen LogP contribution in [0.3, 0.4) is 0 Å². The monoisotopic (exact) mass is 206 g/mol. The maximum atomic E-state index is 13.0. The molecule has 2 rings (SSSR count). The second-order valence-corrected chi connectivity index (χ2v) is 3.17. The minimum Gasteiger partial charge on any atom is -0.467 e. The first-order valence-corrected chi connectivity index (χ1v) is 4.62. The van der Waals surface area contributed by atoms with Crippen LogP contribution in [0.5, 0.6) is 0 Å². The zero-order valence-corrected chi connectivity index (χ0v) is 8.27. The summed E-state index contributed by atoms with van der Waals surface area (Å²) in [5, 5.41) is 3.05. The molecule has 2 aromatic rings. The summed E-state index contributed by atoms with van der Waals surface area (Å²) in [5.41, 5.74) is 0.743. The van der Waals surface area contributed by atoms with Gasteiger partial charge in [0.2, 0.25) is 0 Å². The van der Waals surface area contributed by atoms with Crippen molar-refractivity contribution in [3.8, 4) is 0 Å². The lowest BCUT2D eigenvalue weighted by Crippen LogP contribution is -2.17. The summed E-state index contributed by atoms with van der Waals surface area (Å²) in [4.78, 5) is 3.81. The van der Waals surface area contributed by atoms with Crippen LogP contribution in [0.1, 0.15) is 17.4 Å². The summed E-state index contributed by atoms with van der Waals surface area (Å²) in [6.07, 6.45) is 4.39. The standard InChI is InChI=1S/C11H11FN2O/c1-13-11(10-3-2-4-15-10)8-5-9(12)7-14-6-8/h2-7,11,13H,1H3. The zero-order chi connectivity index (χ0) is 10.7. The molecule has 0 fully saturated rings. The smallest absolute Gasteiger partial charge is 0.141 e. The van der Waals surface area contributed by atoms with E-state index < -0.39 is 0 Å². The Morgan fingerprint density at radius 1 is 1.47 bits per heavy atom. The van der Waals surface area contributed by atoms with Gasteiger partial charge >= 0.3 is 0 Å². The highest BCUT2D eigenvalue weighted by Gasteiger charge is 2.15. The van der Waals surface area contributed by atoms with E-state index in [1.807, 2.05) is 6.07 Å². The average molecular weight is 206 g/mol. The number of nitrogens with one attached hydrogen (secondary N) is 1. The highest BCUT2D eigenvalue weighted by Crippen LogP contribution is 2.21. The van der Waals surface area contributed by atoms with E-state index in [2.05, 4.69) is 10.3 Å². The molecule has 0 aliphatic heterocycles. The number of nitrogens with zero attached hydrogens (tertiary/aromatic N) is 1. The molecule has 3 nitrogen and oxygen atoms in total. The van der Waals surface area contributed by atoms with E-state index in [4.69, 9.17) is 4.42 Å². The minimum atomic E-state index is -0.348. The fourth-order valence-corrected chi connectivity index (χ4v) is 1.51. The van der Waals surface area contributed by atoms with E-state index in [1.165, 1.54) is 12.3 Å². The van der Waals surface area contributed by atoms with Gasteiger partial charge in [-0.25, -0.2) is 4.39 Å². The number of hydrogen-bond donors (Lipinski definition) is 1. The molecule has 0 aliphatic rings. The van der Waals surface area contributed by atoms with Crippen molar-refractivity contribution in [2.45, 2.75) is 6.04 Å². The first kappa shape index (κ1) is 9.86. The van der Waals surface area contributed by atoms with Gasteiger partial charge in [-0.15, -0.1) is 0 Å². The maximum Gasteiger partial charge on any atom is 0.141 e. The normalized spacial score (nSPS) is 12.7. The van der Waals surface area contributed by atoms with Gasteiger partial charge in [0.15, 0.2) is 0 Å². The molecule has 1 atom stereocenters. The highest BCUT2D eigenvalue weighted by molar-refractivity contribution is 5.23. The summed E-state index contributed by atoms with van der Waals surface area (Å²) >= 11 is 0. The molecule has 2 heterocycles. The predicted molar refractivity (Wildman–Crippen MR) is 53.8 cm³/mol. The van der Waals surface area contributed by atoms with Crippen molar-refractivity contribution < 1.29 is 8.81 Å². The number of hydrogen-bond acceptors (Lipinski definition) is 3. The number of rotatable bonds is 3. The van der Waals surface area contributed by atoms with Crippen LogP contribution in [-0.2, 0) is 0 Å². The molecule has 4 heteroatoms. The number of furan rings is 1. The molecule has 2 aromatic heterocycles. The zero-order valence-electron chi connectivity index (χ0n) is 8.27. The van der Waals surface area contributed by atoms with Gasteiger partial charge in [-0.3, -0.25) is 4.98 Å². The quantitative estimate of drug-likeness (QED) is 0.835. The molecule has 0 amide bonds. The van der Waals surface area contributed by atoms with Crippen molar-refractivity contribution in [2.24, 2.45) is 0 Å². The van der Waals surface area contributed by atoms with Crippen LogP contribution in [0, 0.1) is 5.82 Å². The third-order valence-electron chi connectivity index (χ3n) is 2.18. The van der Waals surface area contributed by atoms with Gasteiger partial charge in [0, 0.05) is 6.20 Å². The van der Waals surface area contributed by atoms with Crippen molar-refractivity contribution in [1.82, 2.24) is 10.3 Å². The molecule has 0 saturated carbocycles. The molecular formula is C11H11FN2O. The van der Waals surface area contributed by atoms with Gasteiger partial charge < -0.3 is 9.73 Å². The van der Waals surface area contributed by atoms with Crippen LogP contribution in [-0.4, -0.2) is 12.0 Å². The Labute approximate surface area is 86.9 Å². The van der Waals surface area contributed by atoms with Crippen LogP contribution < -0.4 is 5.32 Å². The molecule has 0 aromatic carbocycles. The lowest BCUT2D eigenvalue weighted by atomic mass is 10.1. The molecular weight excluding hydrogens is 195 g/mol. The van der Waals surface area contributed by atoms with Crippen molar-refractivity contribution in [1.29, 1.82) is 0 Å². The minimum absolute atomic E-state index is 0.164. The van der Waals surface area contributed by atoms with Gasteiger partial charge in [-0.1, -0.05) is 0 Å². The van der Waals surface area contributed by atoms with E-state index in [0.29, 0.717) is 0 Å². The van der Waals surface area contributed by atoms with Crippen LogP contribution in [0.25, 0.3) is 0 Å². The van der Waals surface area contributed by atoms with E-state index in [1.54, 1.807) is 25.6 Å². The molecule has 0 aliphatic carbocycles. The van der Waals surface area contributed by atoms with Crippen molar-refractivity contribution >= 4 is 0 Å². The van der Waals surface area contributed by atoms with Crippen LogP contribution in [0.15, 0.2) is 41.3 Å². The van der Waals surface area contributed by atoms with Crippen LogP contribution in [0.2, 0.25) is 0 Å². The Morgan fingerprint density at radius 3 is 2.93 bits per heavy atom. The summed E-state index contributed by atoms with van der Waals surface area (Å²) in [5.74, 6) is 0.393. The Kier molecular flexibility index (Phi) is 2.78. The van der Waals surface area contributed by atoms with Crippen molar-refractivity contribution in [2.75, 3.05) is 7.05 Å². The summed E-state index contributed by atoms with van der Waals surface area (Å²) < 4.78 is 18.3. The first-order valence-electron chi connectivity index (χ1n) is 4.62. The summed E-state index contributed by atoms with van der Waals surface area (Å²) in [6.45, 7) is 0. The van der Waals surface area contributed by atoms with Gasteiger partial charge in [0.05, 0.1) is 18.5 Å². The fraction of sp³-hybridized carbons (Fsp3) is 0.182. The van der Waals surface area contributed by atoms with Gasteiger partial charge in [-0.2, -0.15) is 0 Å². The summed E-state index contributed by atoms with van der Waals surface area (Å²) in [6, 6.07) is 4.91. The van der Waals surface area contributed by atoms with Crippen molar-refractivity contribution in [3.63, 3.8) is 0 Å². The van der Waals surface area contributed by atoms with Crippen LogP contribution in [0.4, 0.5) is 4.39 Å². The SMILES string of the molecule is CNC(c1cncc(F)c1)c1ccco1. The average Bonchev–Trinajstić information content (AvgIpc) is 2.72. The molecule has 0 saturated heterocycles. The molecule has 1 unspecified atom stereocenters. The molecule has 78 valence electrons. The molecule has 1 N–H and O–H groups in total. The fourth-order valence-electron chi connectivity index (χ4n) is 1.51. The lowest BCUT2D eigenvalue weighted by Gasteiger charge is -2.13. The maximum absolute atomic E-state index is 13.0. The van der Waals surface area contributed by atoms with E-state index >= 15 is 0 Å².